The SMILES string of the molecule is CSc1nc2c3c(nc(Cl)c(F)c3n1)OC(C)C1CN(C(=O)OC(C)(C)C)CCN21. The molecule has 1 amide bonds. The molecule has 0 bridgehead atoms. The van der Waals surface area contributed by atoms with Crippen molar-refractivity contribution in [3.8, 4) is 5.88 Å². The normalized spacial score (nSPS) is 21.2. The number of hydrogen-bond donors (Lipinski definition) is 0. The number of pyridine rings is 1. The van der Waals surface area contributed by atoms with Gasteiger partial charge in [-0.3, -0.25) is 0 Å². The molecular formula is C19H23ClFN5O3S. The molecule has 0 N–H and O–H groups in total. The molecule has 0 saturated carbocycles. The zero-order valence-corrected chi connectivity index (χ0v) is 19.0. The van der Waals surface area contributed by atoms with E-state index in [4.69, 9.17) is 21.1 Å². The van der Waals surface area contributed by atoms with Crippen LogP contribution in [0.3, 0.4) is 0 Å². The minimum Gasteiger partial charge on any atom is -0.472 e. The molecule has 4 rings (SSSR count). The van der Waals surface area contributed by atoms with Crippen molar-refractivity contribution in [2.45, 2.75) is 50.6 Å². The molecule has 2 atom stereocenters. The van der Waals surface area contributed by atoms with Crippen LogP contribution in [-0.2, 0) is 4.74 Å². The summed E-state index contributed by atoms with van der Waals surface area (Å²) in [5.41, 5.74) is -0.498. The van der Waals surface area contributed by atoms with Gasteiger partial charge < -0.3 is 19.3 Å². The Labute approximate surface area is 183 Å². The fourth-order valence-corrected chi connectivity index (χ4v) is 4.21. The Bertz CT molecular complexity index is 1020. The average molecular weight is 456 g/mol. The Morgan fingerprint density at radius 2 is 2.03 bits per heavy atom. The van der Waals surface area contributed by atoms with Crippen molar-refractivity contribution >= 4 is 46.2 Å². The molecule has 0 spiro atoms. The molecule has 1 saturated heterocycles. The highest BCUT2D eigenvalue weighted by Gasteiger charge is 2.40. The number of halogens is 2. The van der Waals surface area contributed by atoms with E-state index < -0.39 is 11.4 Å². The van der Waals surface area contributed by atoms with Crippen molar-refractivity contribution < 1.29 is 18.7 Å². The zero-order valence-electron chi connectivity index (χ0n) is 17.4. The third-order valence-corrected chi connectivity index (χ3v) is 5.83. The Hall–Kier alpha value is -2.07. The van der Waals surface area contributed by atoms with E-state index in [0.29, 0.717) is 36.0 Å². The summed E-state index contributed by atoms with van der Waals surface area (Å²) in [6.45, 7) is 8.69. The molecule has 2 aliphatic heterocycles. The number of aromatic nitrogens is 3. The highest BCUT2D eigenvalue weighted by Crippen LogP contribution is 2.41. The molecule has 8 nitrogen and oxygen atoms in total. The summed E-state index contributed by atoms with van der Waals surface area (Å²) < 4.78 is 26.4. The number of rotatable bonds is 1. The summed E-state index contributed by atoms with van der Waals surface area (Å²) >= 11 is 7.32. The van der Waals surface area contributed by atoms with Gasteiger partial charge in [0.15, 0.2) is 16.1 Å². The monoisotopic (exact) mass is 455 g/mol. The van der Waals surface area contributed by atoms with Crippen LogP contribution in [0.5, 0.6) is 5.88 Å². The van der Waals surface area contributed by atoms with Crippen LogP contribution in [0.15, 0.2) is 5.16 Å². The molecule has 2 unspecified atom stereocenters. The predicted octanol–water partition coefficient (Wildman–Crippen LogP) is 3.75. The van der Waals surface area contributed by atoms with E-state index >= 15 is 0 Å². The van der Waals surface area contributed by atoms with Gasteiger partial charge in [-0.1, -0.05) is 23.4 Å². The number of ether oxygens (including phenoxy) is 2. The van der Waals surface area contributed by atoms with Gasteiger partial charge in [0.2, 0.25) is 5.88 Å². The van der Waals surface area contributed by atoms with Crippen LogP contribution in [-0.4, -0.2) is 69.6 Å². The van der Waals surface area contributed by atoms with E-state index in [9.17, 15) is 9.18 Å². The Kier molecular flexibility index (Phi) is 5.34. The third-order valence-electron chi connectivity index (χ3n) is 5.04. The highest BCUT2D eigenvalue weighted by atomic mass is 35.5. The third kappa shape index (κ3) is 3.71. The van der Waals surface area contributed by atoms with Gasteiger partial charge in [0.1, 0.15) is 28.4 Å². The summed E-state index contributed by atoms with van der Waals surface area (Å²) in [6, 6.07) is -0.227. The number of carbonyl (C=O) groups excluding carboxylic acids is 1. The summed E-state index contributed by atoms with van der Waals surface area (Å²) in [6.07, 6.45) is 1.09. The highest BCUT2D eigenvalue weighted by molar-refractivity contribution is 7.98. The first-order valence-electron chi connectivity index (χ1n) is 9.61. The van der Waals surface area contributed by atoms with Gasteiger partial charge in [-0.2, -0.15) is 4.98 Å². The maximum atomic E-state index is 14.8. The number of anilines is 1. The lowest BCUT2D eigenvalue weighted by atomic mass is 10.1. The lowest BCUT2D eigenvalue weighted by Crippen LogP contribution is -2.59. The van der Waals surface area contributed by atoms with Crippen molar-refractivity contribution in [1.29, 1.82) is 0 Å². The molecule has 2 aliphatic rings. The van der Waals surface area contributed by atoms with Gasteiger partial charge in [-0.25, -0.2) is 19.2 Å². The maximum Gasteiger partial charge on any atom is 0.410 e. The molecule has 162 valence electrons. The van der Waals surface area contributed by atoms with Crippen LogP contribution in [0, 0.1) is 5.82 Å². The van der Waals surface area contributed by atoms with E-state index in [1.165, 1.54) is 11.8 Å². The number of nitrogens with zero attached hydrogens (tertiary/aromatic N) is 5. The molecule has 2 aromatic heterocycles. The zero-order chi connectivity index (χ0) is 21.8. The van der Waals surface area contributed by atoms with Crippen molar-refractivity contribution in [2.75, 3.05) is 30.8 Å². The Morgan fingerprint density at radius 1 is 1.30 bits per heavy atom. The first kappa shape index (κ1) is 21.2. The lowest BCUT2D eigenvalue weighted by Gasteiger charge is -2.43. The second-order valence-electron chi connectivity index (χ2n) is 8.29. The molecule has 30 heavy (non-hydrogen) atoms. The summed E-state index contributed by atoms with van der Waals surface area (Å²) in [7, 11) is 0. The van der Waals surface area contributed by atoms with Crippen LogP contribution < -0.4 is 9.64 Å². The molecule has 0 aromatic carbocycles. The van der Waals surface area contributed by atoms with Gasteiger partial charge in [0.05, 0.1) is 6.04 Å². The smallest absolute Gasteiger partial charge is 0.410 e. The van der Waals surface area contributed by atoms with Crippen LogP contribution in [0.25, 0.3) is 10.9 Å². The van der Waals surface area contributed by atoms with Crippen molar-refractivity contribution in [1.82, 2.24) is 19.9 Å². The fourth-order valence-electron chi connectivity index (χ4n) is 3.68. The van der Waals surface area contributed by atoms with Crippen molar-refractivity contribution in [3.63, 3.8) is 0 Å². The number of thioether (sulfide) groups is 1. The van der Waals surface area contributed by atoms with E-state index in [1.807, 2.05) is 38.9 Å². The molecule has 0 radical (unpaired) electrons. The van der Waals surface area contributed by atoms with Crippen LogP contribution in [0.1, 0.15) is 27.7 Å². The second-order valence-corrected chi connectivity index (χ2v) is 9.42. The van der Waals surface area contributed by atoms with E-state index in [-0.39, 0.29) is 34.8 Å². The molecular weight excluding hydrogens is 433 g/mol. The minimum atomic E-state index is -0.698. The fraction of sp³-hybridized carbons (Fsp3) is 0.579. The minimum absolute atomic E-state index is 0.0850. The lowest BCUT2D eigenvalue weighted by molar-refractivity contribution is 0.0175. The number of carbonyl (C=O) groups is 1. The number of hydrogen-bond acceptors (Lipinski definition) is 8. The van der Waals surface area contributed by atoms with Gasteiger partial charge >= 0.3 is 6.09 Å². The van der Waals surface area contributed by atoms with Crippen molar-refractivity contribution in [2.24, 2.45) is 0 Å². The summed E-state index contributed by atoms with van der Waals surface area (Å²) in [5, 5.41) is 0.527. The first-order chi connectivity index (χ1) is 14.1. The molecule has 1 fully saturated rings. The van der Waals surface area contributed by atoms with Crippen LogP contribution >= 0.6 is 23.4 Å². The van der Waals surface area contributed by atoms with Gasteiger partial charge in [0.25, 0.3) is 0 Å². The Balaban J connectivity index is 1.77. The van der Waals surface area contributed by atoms with Crippen LogP contribution in [0.2, 0.25) is 5.15 Å². The Morgan fingerprint density at radius 3 is 2.70 bits per heavy atom. The summed E-state index contributed by atoms with van der Waals surface area (Å²) in [5.74, 6) is 0.0434. The van der Waals surface area contributed by atoms with Gasteiger partial charge in [0, 0.05) is 19.6 Å². The number of piperazine rings is 1. The maximum absolute atomic E-state index is 14.8. The quantitative estimate of drug-likeness (QED) is 0.365. The topological polar surface area (TPSA) is 80.7 Å². The second kappa shape index (κ2) is 7.56. The predicted molar refractivity (Wildman–Crippen MR) is 113 cm³/mol. The van der Waals surface area contributed by atoms with E-state index in [2.05, 4.69) is 15.0 Å². The standard InChI is InChI=1S/C19H23ClFN5O3S/c1-9-10-8-25(18(27)29-19(2,3)4)6-7-26(10)15-11-13(22-17(24-15)30-5)12(21)14(20)23-16(11)28-9/h9-10H,6-8H2,1-5H3. The van der Waals surface area contributed by atoms with Crippen LogP contribution in [0.4, 0.5) is 15.0 Å². The van der Waals surface area contributed by atoms with Gasteiger partial charge in [-0.05, 0) is 34.0 Å². The van der Waals surface area contributed by atoms with E-state index in [1.54, 1.807) is 4.90 Å². The first-order valence-corrected chi connectivity index (χ1v) is 11.2. The van der Waals surface area contributed by atoms with E-state index in [0.717, 1.165) is 0 Å². The number of amides is 1. The molecule has 11 heteroatoms. The van der Waals surface area contributed by atoms with Crippen molar-refractivity contribution in [3.05, 3.63) is 11.0 Å². The average Bonchev–Trinajstić information content (AvgIpc) is 2.79. The largest absolute Gasteiger partial charge is 0.472 e. The van der Waals surface area contributed by atoms with Gasteiger partial charge in [-0.15, -0.1) is 0 Å². The molecule has 4 heterocycles. The number of fused-ring (bicyclic) bond motifs is 2. The molecule has 0 aliphatic carbocycles. The summed E-state index contributed by atoms with van der Waals surface area (Å²) in [4.78, 5) is 29.4. The molecule has 2 aromatic rings.